The van der Waals surface area contributed by atoms with Crippen LogP contribution < -0.4 is 10.5 Å². The van der Waals surface area contributed by atoms with Crippen molar-refractivity contribution in [2.24, 2.45) is 5.73 Å². The molecule has 106 valence electrons. The van der Waals surface area contributed by atoms with Gasteiger partial charge in [-0.1, -0.05) is 6.07 Å². The third kappa shape index (κ3) is 2.61. The predicted octanol–water partition coefficient (Wildman–Crippen LogP) is 1.03. The van der Waals surface area contributed by atoms with Gasteiger partial charge in [0, 0.05) is 19.1 Å². The highest BCUT2D eigenvalue weighted by Crippen LogP contribution is 2.32. The van der Waals surface area contributed by atoms with Crippen molar-refractivity contribution < 1.29 is 13.2 Å². The molecule has 6 heteroatoms. The van der Waals surface area contributed by atoms with E-state index in [1.54, 1.807) is 6.07 Å². The zero-order valence-electron chi connectivity index (χ0n) is 11.5. The summed E-state index contributed by atoms with van der Waals surface area (Å²) >= 11 is 0. The van der Waals surface area contributed by atoms with Gasteiger partial charge in [-0.2, -0.15) is 4.31 Å². The van der Waals surface area contributed by atoms with Gasteiger partial charge in [0.15, 0.2) is 0 Å². The summed E-state index contributed by atoms with van der Waals surface area (Å²) in [5.74, 6) is 0.422. The van der Waals surface area contributed by atoms with Crippen LogP contribution in [0.25, 0.3) is 0 Å². The molecule has 5 nitrogen and oxygen atoms in total. The Morgan fingerprint density at radius 3 is 2.58 bits per heavy atom. The molecule has 0 aromatic heterocycles. The van der Waals surface area contributed by atoms with Gasteiger partial charge in [-0.05, 0) is 37.5 Å². The smallest absolute Gasteiger partial charge is 0.246 e. The number of aryl methyl sites for hydroxylation is 2. The molecule has 1 aliphatic heterocycles. The van der Waals surface area contributed by atoms with Crippen LogP contribution in [-0.4, -0.2) is 39.0 Å². The van der Waals surface area contributed by atoms with E-state index in [0.717, 1.165) is 11.1 Å². The maximum Gasteiger partial charge on any atom is 0.246 e. The molecule has 1 atom stereocenters. The van der Waals surface area contributed by atoms with Gasteiger partial charge in [0.2, 0.25) is 10.0 Å². The van der Waals surface area contributed by atoms with Crippen molar-refractivity contribution in [1.29, 1.82) is 0 Å². The lowest BCUT2D eigenvalue weighted by molar-refractivity contribution is 0.395. The molecular formula is C13H20N2O3S. The summed E-state index contributed by atoms with van der Waals surface area (Å²) in [6, 6.07) is 3.49. The van der Waals surface area contributed by atoms with Crippen LogP contribution >= 0.6 is 0 Å². The van der Waals surface area contributed by atoms with E-state index in [1.807, 2.05) is 19.9 Å². The number of methoxy groups -OCH3 is 1. The summed E-state index contributed by atoms with van der Waals surface area (Å²) in [5, 5.41) is 0. The van der Waals surface area contributed by atoms with Crippen LogP contribution in [0.2, 0.25) is 0 Å². The van der Waals surface area contributed by atoms with Gasteiger partial charge in [-0.15, -0.1) is 0 Å². The molecule has 0 unspecified atom stereocenters. The van der Waals surface area contributed by atoms with Gasteiger partial charge in [0.1, 0.15) is 10.6 Å². The minimum Gasteiger partial charge on any atom is -0.495 e. The Kier molecular flexibility index (Phi) is 3.85. The number of ether oxygens (including phenoxy) is 1. The van der Waals surface area contributed by atoms with Gasteiger partial charge in [-0.3, -0.25) is 0 Å². The number of hydrogen-bond donors (Lipinski definition) is 1. The Balaban J connectivity index is 2.51. The first-order chi connectivity index (χ1) is 8.86. The first kappa shape index (κ1) is 14.3. The Bertz CT molecular complexity index is 584. The lowest BCUT2D eigenvalue weighted by atomic mass is 10.1. The molecule has 1 aliphatic rings. The highest BCUT2D eigenvalue weighted by molar-refractivity contribution is 7.89. The Hall–Kier alpha value is -1.11. The Labute approximate surface area is 114 Å². The average Bonchev–Trinajstić information content (AvgIpc) is 2.75. The topological polar surface area (TPSA) is 72.6 Å². The number of benzene rings is 1. The van der Waals surface area contributed by atoms with Crippen LogP contribution in [0.15, 0.2) is 17.0 Å². The van der Waals surface area contributed by atoms with E-state index < -0.39 is 10.0 Å². The Morgan fingerprint density at radius 2 is 2.05 bits per heavy atom. The van der Waals surface area contributed by atoms with Crippen molar-refractivity contribution >= 4 is 10.0 Å². The summed E-state index contributed by atoms with van der Waals surface area (Å²) in [4.78, 5) is 0.238. The first-order valence-electron chi connectivity index (χ1n) is 6.27. The second-order valence-electron chi connectivity index (χ2n) is 5.03. The summed E-state index contributed by atoms with van der Waals surface area (Å²) in [6.45, 7) is 4.57. The van der Waals surface area contributed by atoms with E-state index in [2.05, 4.69) is 0 Å². The molecule has 2 rings (SSSR count). The number of nitrogens with zero attached hydrogens (tertiary/aromatic N) is 1. The van der Waals surface area contributed by atoms with Crippen LogP contribution in [0.1, 0.15) is 17.5 Å². The quantitative estimate of drug-likeness (QED) is 0.900. The molecule has 1 aromatic rings. The standard InChI is InChI=1S/C13H20N2O3S/c1-9-6-10(2)13(18-3)12(7-9)19(16,17)15-5-4-11(14)8-15/h6-7,11H,4-5,8,14H2,1-3H3/t11-/m1/s1. The zero-order chi connectivity index (χ0) is 14.2. The third-order valence-corrected chi connectivity index (χ3v) is 5.26. The van der Waals surface area contributed by atoms with Crippen molar-refractivity contribution in [2.45, 2.75) is 31.2 Å². The van der Waals surface area contributed by atoms with Crippen LogP contribution in [0, 0.1) is 13.8 Å². The van der Waals surface area contributed by atoms with Gasteiger partial charge >= 0.3 is 0 Å². The van der Waals surface area contributed by atoms with Crippen molar-refractivity contribution in [3.05, 3.63) is 23.3 Å². The molecule has 1 aromatic carbocycles. The zero-order valence-corrected chi connectivity index (χ0v) is 12.3. The summed E-state index contributed by atoms with van der Waals surface area (Å²) in [7, 11) is -2.04. The van der Waals surface area contributed by atoms with Crippen LogP contribution in [0.5, 0.6) is 5.75 Å². The molecule has 19 heavy (non-hydrogen) atoms. The fraction of sp³-hybridized carbons (Fsp3) is 0.538. The van der Waals surface area contributed by atoms with E-state index in [9.17, 15) is 8.42 Å². The SMILES string of the molecule is COc1c(C)cc(C)cc1S(=O)(=O)N1CC[C@@H](N)C1. The largest absolute Gasteiger partial charge is 0.495 e. The molecule has 0 spiro atoms. The predicted molar refractivity (Wildman–Crippen MR) is 73.8 cm³/mol. The van der Waals surface area contributed by atoms with E-state index in [0.29, 0.717) is 25.3 Å². The van der Waals surface area contributed by atoms with Crippen molar-refractivity contribution in [3.8, 4) is 5.75 Å². The van der Waals surface area contributed by atoms with Gasteiger partial charge < -0.3 is 10.5 Å². The van der Waals surface area contributed by atoms with Crippen molar-refractivity contribution in [2.75, 3.05) is 20.2 Å². The number of hydrogen-bond acceptors (Lipinski definition) is 4. The molecule has 2 N–H and O–H groups in total. The van der Waals surface area contributed by atoms with Gasteiger partial charge in [0.05, 0.1) is 7.11 Å². The maximum atomic E-state index is 12.7. The molecule has 0 saturated carbocycles. The van der Waals surface area contributed by atoms with Crippen LogP contribution in [0.3, 0.4) is 0 Å². The average molecular weight is 284 g/mol. The van der Waals surface area contributed by atoms with Crippen molar-refractivity contribution in [3.63, 3.8) is 0 Å². The fourth-order valence-corrected chi connectivity index (χ4v) is 4.31. The second-order valence-corrected chi connectivity index (χ2v) is 6.93. The number of sulfonamides is 1. The van der Waals surface area contributed by atoms with Gasteiger partial charge in [0.25, 0.3) is 0 Å². The normalized spacial score (nSPS) is 20.7. The third-order valence-electron chi connectivity index (χ3n) is 3.39. The monoisotopic (exact) mass is 284 g/mol. The molecule has 0 amide bonds. The van der Waals surface area contributed by atoms with Gasteiger partial charge in [-0.25, -0.2) is 8.42 Å². The molecule has 1 saturated heterocycles. The molecule has 0 bridgehead atoms. The first-order valence-corrected chi connectivity index (χ1v) is 7.71. The van der Waals surface area contributed by atoms with Crippen LogP contribution in [0.4, 0.5) is 0 Å². The Morgan fingerprint density at radius 1 is 1.37 bits per heavy atom. The minimum atomic E-state index is -3.53. The summed E-state index contributed by atoms with van der Waals surface area (Å²) < 4.78 is 32.0. The summed E-state index contributed by atoms with van der Waals surface area (Å²) in [6.07, 6.45) is 0.701. The number of nitrogens with two attached hydrogens (primary N) is 1. The molecule has 0 aliphatic carbocycles. The molecule has 0 radical (unpaired) electrons. The van der Waals surface area contributed by atoms with E-state index >= 15 is 0 Å². The highest BCUT2D eigenvalue weighted by atomic mass is 32.2. The number of rotatable bonds is 3. The molecular weight excluding hydrogens is 264 g/mol. The lowest BCUT2D eigenvalue weighted by Gasteiger charge is -2.19. The maximum absolute atomic E-state index is 12.7. The second kappa shape index (κ2) is 5.11. The highest BCUT2D eigenvalue weighted by Gasteiger charge is 2.33. The van der Waals surface area contributed by atoms with Crippen LogP contribution in [-0.2, 0) is 10.0 Å². The van der Waals surface area contributed by atoms with E-state index in [1.165, 1.54) is 11.4 Å². The lowest BCUT2D eigenvalue weighted by Crippen LogP contribution is -2.32. The van der Waals surface area contributed by atoms with Crippen molar-refractivity contribution in [1.82, 2.24) is 4.31 Å². The van der Waals surface area contributed by atoms with E-state index in [-0.39, 0.29) is 10.9 Å². The fourth-order valence-electron chi connectivity index (χ4n) is 2.48. The molecule has 1 heterocycles. The molecule has 1 fully saturated rings. The summed E-state index contributed by atoms with van der Waals surface area (Å²) in [5.41, 5.74) is 7.52. The van der Waals surface area contributed by atoms with E-state index in [4.69, 9.17) is 10.5 Å². The minimum absolute atomic E-state index is 0.0772.